The van der Waals surface area contributed by atoms with E-state index < -0.39 is 0 Å². The number of carbonyl (C=O) groups excluding carboxylic acids is 1. The van der Waals surface area contributed by atoms with Crippen LogP contribution in [-0.4, -0.2) is 20.4 Å². The lowest BCUT2D eigenvalue weighted by Gasteiger charge is -2.07. The van der Waals surface area contributed by atoms with E-state index in [1.165, 1.54) is 23.2 Å². The molecule has 0 saturated carbocycles. The first kappa shape index (κ1) is 19.0. The molecule has 0 radical (unpaired) electrons. The summed E-state index contributed by atoms with van der Waals surface area (Å²) in [6.07, 6.45) is 4.92. The van der Waals surface area contributed by atoms with Crippen molar-refractivity contribution in [3.8, 4) is 0 Å². The molecule has 29 heavy (non-hydrogen) atoms. The molecule has 1 N–H and O–H groups in total. The van der Waals surface area contributed by atoms with Crippen LogP contribution in [0.25, 0.3) is 10.2 Å². The van der Waals surface area contributed by atoms with Crippen LogP contribution in [-0.2, 0) is 6.54 Å². The van der Waals surface area contributed by atoms with Crippen LogP contribution in [0.3, 0.4) is 0 Å². The van der Waals surface area contributed by atoms with E-state index in [1.807, 2.05) is 44.2 Å². The highest BCUT2D eigenvalue weighted by atomic mass is 32.1. The van der Waals surface area contributed by atoms with Gasteiger partial charge < -0.3 is 5.32 Å². The van der Waals surface area contributed by atoms with Crippen molar-refractivity contribution in [1.82, 2.24) is 14.5 Å². The molecule has 0 aliphatic carbocycles. The zero-order valence-corrected chi connectivity index (χ0v) is 17.2. The van der Waals surface area contributed by atoms with Crippen LogP contribution in [0.4, 0.5) is 5.69 Å². The van der Waals surface area contributed by atoms with Gasteiger partial charge in [-0.25, -0.2) is 4.98 Å². The van der Waals surface area contributed by atoms with Crippen LogP contribution in [0.1, 0.15) is 31.9 Å². The van der Waals surface area contributed by atoms with E-state index in [9.17, 15) is 9.59 Å². The standard InChI is InChI=1S/C22H20N4O2S/c1-13-4-5-17(10-14(13)2)25-20(27)19-15(3)18-21(29-19)24-12-26(22(18)28)11-16-6-8-23-9-7-16/h4-10,12H,11H2,1-3H3,(H,25,27). The van der Waals surface area contributed by atoms with Crippen molar-refractivity contribution in [2.75, 3.05) is 5.32 Å². The fourth-order valence-corrected chi connectivity index (χ4v) is 4.21. The van der Waals surface area contributed by atoms with Gasteiger partial charge in [0.15, 0.2) is 0 Å². The Labute approximate surface area is 171 Å². The van der Waals surface area contributed by atoms with E-state index in [0.29, 0.717) is 27.2 Å². The molecule has 0 aliphatic heterocycles. The number of carbonyl (C=O) groups is 1. The Morgan fingerprint density at radius 1 is 1.10 bits per heavy atom. The van der Waals surface area contributed by atoms with Crippen molar-refractivity contribution < 1.29 is 4.79 Å². The van der Waals surface area contributed by atoms with Crippen molar-refractivity contribution in [2.45, 2.75) is 27.3 Å². The molecule has 4 aromatic rings. The molecule has 3 heterocycles. The van der Waals surface area contributed by atoms with Crippen molar-refractivity contribution in [3.63, 3.8) is 0 Å². The number of fused-ring (bicyclic) bond motifs is 1. The molecule has 0 fully saturated rings. The summed E-state index contributed by atoms with van der Waals surface area (Å²) >= 11 is 1.24. The van der Waals surface area contributed by atoms with Gasteiger partial charge in [-0.3, -0.25) is 19.1 Å². The third-order valence-electron chi connectivity index (χ3n) is 4.99. The summed E-state index contributed by atoms with van der Waals surface area (Å²) in [6, 6.07) is 9.51. The number of amides is 1. The summed E-state index contributed by atoms with van der Waals surface area (Å²) in [5.41, 5.74) is 4.48. The van der Waals surface area contributed by atoms with Gasteiger partial charge >= 0.3 is 0 Å². The molecule has 4 rings (SSSR count). The Morgan fingerprint density at radius 3 is 2.59 bits per heavy atom. The van der Waals surface area contributed by atoms with Crippen LogP contribution in [0.2, 0.25) is 0 Å². The first-order valence-corrected chi connectivity index (χ1v) is 10.0. The summed E-state index contributed by atoms with van der Waals surface area (Å²) in [6.45, 7) is 6.24. The largest absolute Gasteiger partial charge is 0.321 e. The Morgan fingerprint density at radius 2 is 1.86 bits per heavy atom. The number of hydrogen-bond acceptors (Lipinski definition) is 5. The highest BCUT2D eigenvalue weighted by Gasteiger charge is 2.20. The Kier molecular flexibility index (Phi) is 4.98. The number of aryl methyl sites for hydroxylation is 3. The average molecular weight is 404 g/mol. The molecule has 0 saturated heterocycles. The predicted octanol–water partition coefficient (Wildman–Crippen LogP) is 4.08. The van der Waals surface area contributed by atoms with E-state index in [0.717, 1.165) is 16.8 Å². The summed E-state index contributed by atoms with van der Waals surface area (Å²) in [5.74, 6) is -0.228. The number of pyridine rings is 1. The zero-order valence-electron chi connectivity index (χ0n) is 16.4. The van der Waals surface area contributed by atoms with Crippen LogP contribution < -0.4 is 10.9 Å². The van der Waals surface area contributed by atoms with Gasteiger partial charge in [0.2, 0.25) is 0 Å². The number of benzene rings is 1. The molecule has 0 unspecified atom stereocenters. The third kappa shape index (κ3) is 3.69. The molecule has 3 aromatic heterocycles. The molecule has 7 heteroatoms. The number of rotatable bonds is 4. The van der Waals surface area contributed by atoms with Crippen LogP contribution >= 0.6 is 11.3 Å². The van der Waals surface area contributed by atoms with Crippen LogP contribution in [0, 0.1) is 20.8 Å². The van der Waals surface area contributed by atoms with E-state index in [2.05, 4.69) is 15.3 Å². The third-order valence-corrected chi connectivity index (χ3v) is 6.19. The summed E-state index contributed by atoms with van der Waals surface area (Å²) in [5, 5.41) is 3.43. The summed E-state index contributed by atoms with van der Waals surface area (Å²) in [4.78, 5) is 35.3. The molecule has 1 aromatic carbocycles. The Bertz CT molecular complexity index is 1280. The van der Waals surface area contributed by atoms with Crippen molar-refractivity contribution in [3.05, 3.63) is 86.5 Å². The van der Waals surface area contributed by atoms with Gasteiger partial charge in [-0.05, 0) is 67.3 Å². The minimum absolute atomic E-state index is 0.147. The number of thiophene rings is 1. The van der Waals surface area contributed by atoms with Gasteiger partial charge in [0.1, 0.15) is 4.83 Å². The second-order valence-electron chi connectivity index (χ2n) is 7.02. The second kappa shape index (κ2) is 7.60. The van der Waals surface area contributed by atoms with Gasteiger partial charge in [-0.2, -0.15) is 0 Å². The highest BCUT2D eigenvalue weighted by Crippen LogP contribution is 2.28. The van der Waals surface area contributed by atoms with E-state index in [1.54, 1.807) is 23.9 Å². The van der Waals surface area contributed by atoms with Gasteiger partial charge in [-0.15, -0.1) is 11.3 Å². The first-order valence-electron chi connectivity index (χ1n) is 9.20. The monoisotopic (exact) mass is 404 g/mol. The zero-order chi connectivity index (χ0) is 20.5. The molecule has 0 aliphatic rings. The molecular formula is C22H20N4O2S. The van der Waals surface area contributed by atoms with E-state index in [4.69, 9.17) is 0 Å². The average Bonchev–Trinajstić information content (AvgIpc) is 3.05. The molecule has 6 nitrogen and oxygen atoms in total. The Balaban J connectivity index is 1.68. The van der Waals surface area contributed by atoms with Gasteiger partial charge in [0.05, 0.1) is 23.1 Å². The number of anilines is 1. The molecule has 0 bridgehead atoms. The lowest BCUT2D eigenvalue weighted by atomic mass is 10.1. The first-order chi connectivity index (χ1) is 13.9. The predicted molar refractivity (Wildman–Crippen MR) is 116 cm³/mol. The fourth-order valence-electron chi connectivity index (χ4n) is 3.18. The molecule has 0 atom stereocenters. The van der Waals surface area contributed by atoms with Crippen molar-refractivity contribution in [2.24, 2.45) is 0 Å². The second-order valence-corrected chi connectivity index (χ2v) is 8.02. The number of nitrogens with one attached hydrogen (secondary N) is 1. The fraction of sp³-hybridized carbons (Fsp3) is 0.182. The van der Waals surface area contributed by atoms with Gasteiger partial charge in [0, 0.05) is 18.1 Å². The molecular weight excluding hydrogens is 384 g/mol. The minimum atomic E-state index is -0.228. The van der Waals surface area contributed by atoms with E-state index in [-0.39, 0.29) is 11.5 Å². The van der Waals surface area contributed by atoms with Gasteiger partial charge in [-0.1, -0.05) is 6.07 Å². The maximum Gasteiger partial charge on any atom is 0.266 e. The molecule has 0 spiro atoms. The lowest BCUT2D eigenvalue weighted by molar-refractivity contribution is 0.103. The molecule has 1 amide bonds. The normalized spacial score (nSPS) is 11.0. The summed E-state index contributed by atoms with van der Waals surface area (Å²) < 4.78 is 1.56. The quantitative estimate of drug-likeness (QED) is 0.556. The van der Waals surface area contributed by atoms with Crippen molar-refractivity contribution in [1.29, 1.82) is 0 Å². The number of hydrogen-bond donors (Lipinski definition) is 1. The van der Waals surface area contributed by atoms with Gasteiger partial charge in [0.25, 0.3) is 11.5 Å². The van der Waals surface area contributed by atoms with Crippen LogP contribution in [0.15, 0.2) is 53.8 Å². The minimum Gasteiger partial charge on any atom is -0.321 e. The summed E-state index contributed by atoms with van der Waals surface area (Å²) in [7, 11) is 0. The smallest absolute Gasteiger partial charge is 0.266 e. The SMILES string of the molecule is Cc1ccc(NC(=O)c2sc3ncn(Cc4ccncc4)c(=O)c3c2C)cc1C. The topological polar surface area (TPSA) is 76.9 Å². The highest BCUT2D eigenvalue weighted by molar-refractivity contribution is 7.20. The number of aromatic nitrogens is 3. The van der Waals surface area contributed by atoms with Crippen LogP contribution in [0.5, 0.6) is 0 Å². The number of nitrogens with zero attached hydrogens (tertiary/aromatic N) is 3. The van der Waals surface area contributed by atoms with E-state index >= 15 is 0 Å². The maximum absolute atomic E-state index is 13.0. The van der Waals surface area contributed by atoms with Crippen molar-refractivity contribution >= 4 is 33.1 Å². The molecule has 146 valence electrons. The Hall–Kier alpha value is -3.32. The maximum atomic E-state index is 13.0. The lowest BCUT2D eigenvalue weighted by Crippen LogP contribution is -2.21.